The molecule has 0 aromatic carbocycles. The summed E-state index contributed by atoms with van der Waals surface area (Å²) in [6.07, 6.45) is 0. The van der Waals surface area contributed by atoms with E-state index in [1.807, 2.05) is 0 Å². The molecule has 0 saturated carbocycles. The van der Waals surface area contributed by atoms with Gasteiger partial charge in [-0.3, -0.25) is 4.79 Å². The van der Waals surface area contributed by atoms with Crippen molar-refractivity contribution in [1.82, 2.24) is 10.2 Å². The van der Waals surface area contributed by atoms with Gasteiger partial charge in [0, 0.05) is 26.8 Å². The van der Waals surface area contributed by atoms with Crippen LogP contribution < -0.4 is 16.8 Å². The fourth-order valence-electron chi connectivity index (χ4n) is 0.836. The molecular formula is C9H18N6O3S. The molecule has 0 rings (SSSR count). The molecule has 0 spiro atoms. The number of guanidine groups is 2. The van der Waals surface area contributed by atoms with E-state index in [2.05, 4.69) is 14.7 Å². The standard InChI is InChI=1S/C9H18N6O3S/c1-5(16)12-6(7(17)18)4-19-14-8(10)13-9(11)15(2)3/h6H,4H2,1-3H3,(H,12,16)(H,17,18)(H4,10,11,13,14). The Balaban J connectivity index is 4.42. The van der Waals surface area contributed by atoms with Crippen LogP contribution in [0.1, 0.15) is 6.92 Å². The van der Waals surface area contributed by atoms with Crippen molar-refractivity contribution in [1.29, 1.82) is 0 Å². The number of nitrogens with two attached hydrogens (primary N) is 2. The second-order valence-corrected chi connectivity index (χ2v) is 4.48. The lowest BCUT2D eigenvalue weighted by molar-refractivity contribution is -0.140. The third-order valence-corrected chi connectivity index (χ3v) is 2.56. The van der Waals surface area contributed by atoms with Gasteiger partial charge in [0.05, 0.1) is 0 Å². The van der Waals surface area contributed by atoms with Crippen LogP contribution in [0.15, 0.2) is 9.39 Å². The van der Waals surface area contributed by atoms with E-state index >= 15 is 0 Å². The molecule has 0 aromatic rings. The van der Waals surface area contributed by atoms with Crippen LogP contribution in [0, 0.1) is 0 Å². The van der Waals surface area contributed by atoms with E-state index in [9.17, 15) is 9.59 Å². The minimum absolute atomic E-state index is 0.0347. The first-order chi connectivity index (χ1) is 8.73. The molecule has 0 bridgehead atoms. The van der Waals surface area contributed by atoms with E-state index in [-0.39, 0.29) is 17.7 Å². The lowest BCUT2D eigenvalue weighted by Crippen LogP contribution is -2.41. The van der Waals surface area contributed by atoms with Crippen LogP contribution in [-0.2, 0) is 9.59 Å². The average molecular weight is 290 g/mol. The lowest BCUT2D eigenvalue weighted by atomic mass is 10.3. The summed E-state index contributed by atoms with van der Waals surface area (Å²) in [5, 5.41) is 11.1. The second kappa shape index (κ2) is 8.19. The number of carboxylic acid groups (broad SMARTS) is 1. The van der Waals surface area contributed by atoms with Crippen molar-refractivity contribution in [3.05, 3.63) is 0 Å². The molecule has 0 aliphatic carbocycles. The van der Waals surface area contributed by atoms with E-state index in [4.69, 9.17) is 16.6 Å². The maximum absolute atomic E-state index is 10.8. The number of carboxylic acids is 1. The molecule has 0 radical (unpaired) electrons. The predicted octanol–water partition coefficient (Wildman–Crippen LogP) is -1.59. The van der Waals surface area contributed by atoms with Crippen LogP contribution in [0.25, 0.3) is 0 Å². The van der Waals surface area contributed by atoms with Crippen molar-refractivity contribution in [3.8, 4) is 0 Å². The monoisotopic (exact) mass is 290 g/mol. The van der Waals surface area contributed by atoms with Gasteiger partial charge in [-0.2, -0.15) is 9.39 Å². The fraction of sp³-hybridized carbons (Fsp3) is 0.556. The number of rotatable bonds is 5. The van der Waals surface area contributed by atoms with Gasteiger partial charge < -0.3 is 26.8 Å². The van der Waals surface area contributed by atoms with Gasteiger partial charge in [-0.1, -0.05) is 0 Å². The van der Waals surface area contributed by atoms with Gasteiger partial charge in [0.1, 0.15) is 6.04 Å². The Morgan fingerprint density at radius 3 is 2.42 bits per heavy atom. The lowest BCUT2D eigenvalue weighted by Gasteiger charge is -2.11. The summed E-state index contributed by atoms with van der Waals surface area (Å²) in [6, 6.07) is -1.03. The minimum Gasteiger partial charge on any atom is -0.480 e. The average Bonchev–Trinajstić information content (AvgIpc) is 2.26. The van der Waals surface area contributed by atoms with Crippen LogP contribution >= 0.6 is 11.9 Å². The molecule has 0 heterocycles. The minimum atomic E-state index is -1.15. The summed E-state index contributed by atoms with van der Waals surface area (Å²) in [4.78, 5) is 26.9. The molecule has 6 N–H and O–H groups in total. The number of carbonyl (C=O) groups is 2. The normalized spacial score (nSPS) is 13.8. The van der Waals surface area contributed by atoms with Crippen molar-refractivity contribution < 1.29 is 14.7 Å². The van der Waals surface area contributed by atoms with Gasteiger partial charge in [-0.05, 0) is 11.9 Å². The number of nitrogens with zero attached hydrogens (tertiary/aromatic N) is 3. The maximum Gasteiger partial charge on any atom is 0.327 e. The number of hydrogen-bond donors (Lipinski definition) is 4. The molecule has 0 aromatic heterocycles. The zero-order valence-corrected chi connectivity index (χ0v) is 11.8. The maximum atomic E-state index is 10.8. The summed E-state index contributed by atoms with van der Waals surface area (Å²) in [7, 11) is 3.38. The van der Waals surface area contributed by atoms with Crippen LogP contribution in [-0.4, -0.2) is 59.7 Å². The van der Waals surface area contributed by atoms with Crippen LogP contribution in [0.2, 0.25) is 0 Å². The molecule has 0 aliphatic rings. The highest BCUT2D eigenvalue weighted by molar-refractivity contribution is 7.98. The second-order valence-electron chi connectivity index (χ2n) is 3.70. The number of nitrogens with one attached hydrogen (secondary N) is 1. The largest absolute Gasteiger partial charge is 0.480 e. The van der Waals surface area contributed by atoms with E-state index in [1.165, 1.54) is 6.92 Å². The molecule has 0 fully saturated rings. The van der Waals surface area contributed by atoms with Crippen molar-refractivity contribution in [2.45, 2.75) is 13.0 Å². The summed E-state index contributed by atoms with van der Waals surface area (Å²) in [6.45, 7) is 1.24. The van der Waals surface area contributed by atoms with Crippen LogP contribution in [0.5, 0.6) is 0 Å². The smallest absolute Gasteiger partial charge is 0.327 e. The van der Waals surface area contributed by atoms with Crippen LogP contribution in [0.4, 0.5) is 0 Å². The summed E-state index contributed by atoms with van der Waals surface area (Å²) in [5.41, 5.74) is 11.0. The predicted molar refractivity (Wildman–Crippen MR) is 74.6 cm³/mol. The zero-order chi connectivity index (χ0) is 15.0. The van der Waals surface area contributed by atoms with Crippen LogP contribution in [0.3, 0.4) is 0 Å². The molecule has 0 aliphatic heterocycles. The SMILES string of the molecule is CC(=O)NC(CS/N=C(N)/N=C(\N)N(C)C)C(=O)O. The number of aliphatic imine (C=N–C) groups is 1. The van der Waals surface area contributed by atoms with E-state index in [0.29, 0.717) is 0 Å². The first-order valence-electron chi connectivity index (χ1n) is 5.20. The van der Waals surface area contributed by atoms with Gasteiger partial charge in [-0.25, -0.2) is 4.79 Å². The zero-order valence-electron chi connectivity index (χ0n) is 11.0. The summed E-state index contributed by atoms with van der Waals surface area (Å²) >= 11 is 0.880. The number of hydrogen-bond acceptors (Lipinski definition) is 4. The van der Waals surface area contributed by atoms with E-state index in [0.717, 1.165) is 11.9 Å². The van der Waals surface area contributed by atoms with Gasteiger partial charge in [0.15, 0.2) is 5.96 Å². The highest BCUT2D eigenvalue weighted by atomic mass is 32.2. The Bertz CT molecular complexity index is 395. The fourth-order valence-corrected chi connectivity index (χ4v) is 1.46. The molecule has 9 nitrogen and oxygen atoms in total. The molecular weight excluding hydrogens is 272 g/mol. The first kappa shape index (κ1) is 17.0. The third kappa shape index (κ3) is 7.86. The quantitative estimate of drug-likeness (QED) is 0.271. The van der Waals surface area contributed by atoms with Crippen molar-refractivity contribution in [2.24, 2.45) is 20.9 Å². The Labute approximate surface area is 115 Å². The Kier molecular flexibility index (Phi) is 7.34. The Morgan fingerprint density at radius 1 is 1.42 bits per heavy atom. The number of aliphatic carboxylic acids is 1. The Morgan fingerprint density at radius 2 is 2.00 bits per heavy atom. The van der Waals surface area contributed by atoms with Gasteiger partial charge in [0.2, 0.25) is 11.9 Å². The number of amides is 1. The summed E-state index contributed by atoms with van der Waals surface area (Å²) in [5.74, 6) is -1.44. The molecule has 108 valence electrons. The van der Waals surface area contributed by atoms with Crippen molar-refractivity contribution >= 4 is 35.7 Å². The molecule has 19 heavy (non-hydrogen) atoms. The summed E-state index contributed by atoms with van der Waals surface area (Å²) < 4.78 is 3.78. The number of carbonyl (C=O) groups excluding carboxylic acids is 1. The van der Waals surface area contributed by atoms with Crippen molar-refractivity contribution in [2.75, 3.05) is 19.8 Å². The molecule has 1 atom stereocenters. The highest BCUT2D eigenvalue weighted by Gasteiger charge is 2.18. The topological polar surface area (TPSA) is 146 Å². The molecule has 10 heteroatoms. The van der Waals surface area contributed by atoms with E-state index < -0.39 is 17.9 Å². The van der Waals surface area contributed by atoms with Gasteiger partial charge in [0.25, 0.3) is 0 Å². The molecule has 1 unspecified atom stereocenters. The van der Waals surface area contributed by atoms with Gasteiger partial charge in [-0.15, -0.1) is 0 Å². The van der Waals surface area contributed by atoms with Crippen molar-refractivity contribution in [3.63, 3.8) is 0 Å². The van der Waals surface area contributed by atoms with Gasteiger partial charge >= 0.3 is 5.97 Å². The highest BCUT2D eigenvalue weighted by Crippen LogP contribution is 2.05. The van der Waals surface area contributed by atoms with E-state index in [1.54, 1.807) is 19.0 Å². The first-order valence-corrected chi connectivity index (χ1v) is 6.15. The third-order valence-electron chi connectivity index (χ3n) is 1.76. The Hall–Kier alpha value is -1.97. The molecule has 1 amide bonds. The molecule has 0 saturated heterocycles.